The van der Waals surface area contributed by atoms with Gasteiger partial charge in [-0.25, -0.2) is 0 Å². The molecular formula is C15H23Br. The first-order chi connectivity index (χ1) is 7.60. The summed E-state index contributed by atoms with van der Waals surface area (Å²) in [5.74, 6) is 2.00. The molecule has 0 bridgehead atoms. The first kappa shape index (κ1) is 13.8. The lowest BCUT2D eigenvalue weighted by Gasteiger charge is -2.19. The minimum atomic E-state index is 0.631. The average Bonchev–Trinajstić information content (AvgIpc) is 2.29. The molecule has 1 aromatic carbocycles. The monoisotopic (exact) mass is 282 g/mol. The van der Waals surface area contributed by atoms with Crippen LogP contribution in [0.2, 0.25) is 0 Å². The second-order valence-corrected chi connectivity index (χ2v) is 5.63. The quantitative estimate of drug-likeness (QED) is 0.640. The summed E-state index contributed by atoms with van der Waals surface area (Å²) in [4.78, 5) is 0. The lowest BCUT2D eigenvalue weighted by molar-refractivity contribution is 0.544. The molecule has 0 saturated carbocycles. The van der Waals surface area contributed by atoms with Crippen LogP contribution < -0.4 is 0 Å². The molecule has 0 aliphatic carbocycles. The van der Waals surface area contributed by atoms with E-state index in [1.54, 1.807) is 0 Å². The van der Waals surface area contributed by atoms with Crippen molar-refractivity contribution in [2.45, 2.75) is 46.0 Å². The fourth-order valence-electron chi connectivity index (χ4n) is 1.96. The Balaban J connectivity index is 2.85. The van der Waals surface area contributed by atoms with Gasteiger partial charge in [0.1, 0.15) is 0 Å². The molecule has 0 fully saturated rings. The Morgan fingerprint density at radius 3 is 1.88 bits per heavy atom. The second kappa shape index (κ2) is 6.44. The van der Waals surface area contributed by atoms with Gasteiger partial charge < -0.3 is 0 Å². The smallest absolute Gasteiger partial charge is 0.0103 e. The van der Waals surface area contributed by atoms with Gasteiger partial charge in [0, 0.05) is 5.33 Å². The van der Waals surface area contributed by atoms with E-state index in [0.717, 1.165) is 5.33 Å². The van der Waals surface area contributed by atoms with E-state index < -0.39 is 0 Å². The van der Waals surface area contributed by atoms with Crippen molar-refractivity contribution in [1.82, 2.24) is 0 Å². The summed E-state index contributed by atoms with van der Waals surface area (Å²) < 4.78 is 0. The first-order valence-corrected chi connectivity index (χ1v) is 7.38. The third-order valence-corrected chi connectivity index (χ3v) is 4.21. The first-order valence-electron chi connectivity index (χ1n) is 6.25. The number of halogens is 1. The van der Waals surface area contributed by atoms with E-state index in [1.165, 1.54) is 17.5 Å². The highest BCUT2D eigenvalue weighted by Gasteiger charge is 2.14. The molecule has 0 radical (unpaired) electrons. The number of benzene rings is 1. The predicted octanol–water partition coefficient (Wildman–Crippen LogP) is 5.33. The summed E-state index contributed by atoms with van der Waals surface area (Å²) in [6, 6.07) is 9.18. The summed E-state index contributed by atoms with van der Waals surface area (Å²) in [6.07, 6.45) is 1.21. The SMILES string of the molecule is CCC(C)c1ccc(C(CBr)C(C)C)cc1. The van der Waals surface area contributed by atoms with Crippen molar-refractivity contribution < 1.29 is 0 Å². The maximum Gasteiger partial charge on any atom is 0.0103 e. The van der Waals surface area contributed by atoms with Crippen LogP contribution in [0.5, 0.6) is 0 Å². The van der Waals surface area contributed by atoms with Gasteiger partial charge >= 0.3 is 0 Å². The lowest BCUT2D eigenvalue weighted by atomic mass is 9.88. The Bertz CT molecular complexity index is 300. The number of alkyl halides is 1. The summed E-state index contributed by atoms with van der Waals surface area (Å²) in [5.41, 5.74) is 2.92. The van der Waals surface area contributed by atoms with Crippen molar-refractivity contribution in [3.05, 3.63) is 35.4 Å². The number of rotatable bonds is 5. The molecule has 2 atom stereocenters. The third kappa shape index (κ3) is 3.35. The minimum Gasteiger partial charge on any atom is -0.0921 e. The molecule has 0 saturated heterocycles. The van der Waals surface area contributed by atoms with Gasteiger partial charge in [0.25, 0.3) is 0 Å². The fraction of sp³-hybridized carbons (Fsp3) is 0.600. The molecule has 0 N–H and O–H groups in total. The van der Waals surface area contributed by atoms with Gasteiger partial charge in [-0.15, -0.1) is 0 Å². The van der Waals surface area contributed by atoms with Crippen molar-refractivity contribution in [1.29, 1.82) is 0 Å². The molecule has 1 rings (SSSR count). The molecule has 0 aliphatic heterocycles. The minimum absolute atomic E-state index is 0.631. The Morgan fingerprint density at radius 1 is 1.00 bits per heavy atom. The molecule has 0 aliphatic rings. The third-order valence-electron chi connectivity index (χ3n) is 3.52. The van der Waals surface area contributed by atoms with Crippen molar-refractivity contribution in [2.75, 3.05) is 5.33 Å². The van der Waals surface area contributed by atoms with E-state index in [0.29, 0.717) is 17.8 Å². The van der Waals surface area contributed by atoms with Crippen LogP contribution >= 0.6 is 15.9 Å². The van der Waals surface area contributed by atoms with E-state index in [1.807, 2.05) is 0 Å². The lowest BCUT2D eigenvalue weighted by Crippen LogP contribution is -2.08. The molecule has 1 aromatic rings. The van der Waals surface area contributed by atoms with Crippen LogP contribution in [0.4, 0.5) is 0 Å². The van der Waals surface area contributed by atoms with Crippen molar-refractivity contribution in [2.24, 2.45) is 5.92 Å². The van der Waals surface area contributed by atoms with Gasteiger partial charge in [0.05, 0.1) is 0 Å². The second-order valence-electron chi connectivity index (χ2n) is 4.98. The van der Waals surface area contributed by atoms with Gasteiger partial charge in [-0.05, 0) is 35.3 Å². The van der Waals surface area contributed by atoms with Gasteiger partial charge in [0.2, 0.25) is 0 Å². The van der Waals surface area contributed by atoms with Crippen LogP contribution in [0.3, 0.4) is 0 Å². The normalized spacial score (nSPS) is 15.1. The standard InChI is InChI=1S/C15H23Br/c1-5-12(4)13-6-8-14(9-7-13)15(10-16)11(2)3/h6-9,11-12,15H,5,10H2,1-4H3. The molecule has 2 unspecified atom stereocenters. The summed E-state index contributed by atoms with van der Waals surface area (Å²) in [6.45, 7) is 9.11. The van der Waals surface area contributed by atoms with Crippen molar-refractivity contribution >= 4 is 15.9 Å². The van der Waals surface area contributed by atoms with E-state index in [4.69, 9.17) is 0 Å². The van der Waals surface area contributed by atoms with Crippen LogP contribution in [0.15, 0.2) is 24.3 Å². The van der Waals surface area contributed by atoms with Crippen molar-refractivity contribution in [3.8, 4) is 0 Å². The summed E-state index contributed by atoms with van der Waals surface area (Å²) >= 11 is 3.61. The van der Waals surface area contributed by atoms with Crippen molar-refractivity contribution in [3.63, 3.8) is 0 Å². The maximum atomic E-state index is 3.61. The average molecular weight is 283 g/mol. The molecule has 1 heteroatoms. The van der Waals surface area contributed by atoms with Gasteiger partial charge in [-0.3, -0.25) is 0 Å². The topological polar surface area (TPSA) is 0 Å². The molecule has 0 aromatic heterocycles. The molecule has 90 valence electrons. The molecule has 0 spiro atoms. The van der Waals surface area contributed by atoms with Crippen LogP contribution in [0, 0.1) is 5.92 Å². The van der Waals surface area contributed by atoms with E-state index in [9.17, 15) is 0 Å². The van der Waals surface area contributed by atoms with Gasteiger partial charge in [-0.1, -0.05) is 67.9 Å². The summed E-state index contributed by atoms with van der Waals surface area (Å²) in [7, 11) is 0. The Kier molecular flexibility index (Phi) is 5.54. The maximum absolute atomic E-state index is 3.61. The molecule has 16 heavy (non-hydrogen) atoms. The zero-order valence-electron chi connectivity index (χ0n) is 10.8. The molecule has 0 amide bonds. The van der Waals surface area contributed by atoms with Gasteiger partial charge in [-0.2, -0.15) is 0 Å². The van der Waals surface area contributed by atoms with Crippen LogP contribution in [-0.2, 0) is 0 Å². The fourth-order valence-corrected chi connectivity index (χ4v) is 3.08. The molecule has 0 nitrogen and oxygen atoms in total. The molecule has 0 heterocycles. The highest BCUT2D eigenvalue weighted by atomic mass is 79.9. The van der Waals surface area contributed by atoms with Gasteiger partial charge in [0.15, 0.2) is 0 Å². The zero-order chi connectivity index (χ0) is 12.1. The Morgan fingerprint density at radius 2 is 1.50 bits per heavy atom. The zero-order valence-corrected chi connectivity index (χ0v) is 12.4. The Labute approximate surface area is 109 Å². The van der Waals surface area contributed by atoms with E-state index in [2.05, 4.69) is 67.9 Å². The molecular weight excluding hydrogens is 260 g/mol. The van der Waals surface area contributed by atoms with Crippen LogP contribution in [0.25, 0.3) is 0 Å². The Hall–Kier alpha value is -0.300. The number of hydrogen-bond acceptors (Lipinski definition) is 0. The number of hydrogen-bond donors (Lipinski definition) is 0. The largest absolute Gasteiger partial charge is 0.0921 e. The van der Waals surface area contributed by atoms with Crippen LogP contribution in [0.1, 0.15) is 57.1 Å². The van der Waals surface area contributed by atoms with Crippen LogP contribution in [-0.4, -0.2) is 5.33 Å². The van der Waals surface area contributed by atoms with E-state index in [-0.39, 0.29) is 0 Å². The van der Waals surface area contributed by atoms with E-state index >= 15 is 0 Å². The predicted molar refractivity (Wildman–Crippen MR) is 76.5 cm³/mol. The highest BCUT2D eigenvalue weighted by Crippen LogP contribution is 2.28. The highest BCUT2D eigenvalue weighted by molar-refractivity contribution is 9.09. The summed E-state index contributed by atoms with van der Waals surface area (Å²) in [5, 5.41) is 1.05.